The van der Waals surface area contributed by atoms with Crippen LogP contribution in [0.5, 0.6) is 17.2 Å². The minimum Gasteiger partial charge on any atom is -0.490 e. The van der Waals surface area contributed by atoms with Gasteiger partial charge in [-0.2, -0.15) is 8.78 Å². The Kier molecular flexibility index (Phi) is 10.5. The van der Waals surface area contributed by atoms with E-state index in [1.807, 2.05) is 31.2 Å². The van der Waals surface area contributed by atoms with Crippen LogP contribution in [0.3, 0.4) is 0 Å². The van der Waals surface area contributed by atoms with E-state index in [1.54, 1.807) is 0 Å². The Morgan fingerprint density at radius 3 is 1.81 bits per heavy atom. The molecule has 2 aromatic carbocycles. The third-order valence-corrected chi connectivity index (χ3v) is 8.05. The van der Waals surface area contributed by atoms with Crippen LogP contribution in [0.1, 0.15) is 69.8 Å². The van der Waals surface area contributed by atoms with E-state index in [-0.39, 0.29) is 30.9 Å². The Morgan fingerprint density at radius 2 is 1.29 bits per heavy atom. The highest BCUT2D eigenvalue weighted by Crippen LogP contribution is 2.42. The number of hydrogen-bond acceptors (Lipinski definition) is 3. The van der Waals surface area contributed by atoms with E-state index < -0.39 is 41.5 Å². The third kappa shape index (κ3) is 8.91. The van der Waals surface area contributed by atoms with Crippen LogP contribution in [-0.2, 0) is 0 Å². The summed E-state index contributed by atoms with van der Waals surface area (Å²) in [4.78, 5) is 0. The normalized spacial score (nSPS) is 23.8. The molecule has 2 saturated carbocycles. The van der Waals surface area contributed by atoms with Crippen LogP contribution in [-0.4, -0.2) is 19.1 Å². The molecule has 3 nitrogen and oxygen atoms in total. The van der Waals surface area contributed by atoms with Gasteiger partial charge >= 0.3 is 12.5 Å². The van der Waals surface area contributed by atoms with Gasteiger partial charge in [0, 0.05) is 12.1 Å². The van der Waals surface area contributed by atoms with Crippen molar-refractivity contribution in [2.45, 2.75) is 76.7 Å². The molecule has 0 N–H and O–H groups in total. The van der Waals surface area contributed by atoms with E-state index in [9.17, 15) is 30.7 Å². The summed E-state index contributed by atoms with van der Waals surface area (Å²) in [6.45, 7) is 2.50. The van der Waals surface area contributed by atoms with Gasteiger partial charge in [0.05, 0.1) is 5.92 Å². The maximum absolute atomic E-state index is 14.8. The number of rotatable bonds is 10. The predicted molar refractivity (Wildman–Crippen MR) is 145 cm³/mol. The first kappa shape index (κ1) is 31.8. The van der Waals surface area contributed by atoms with Gasteiger partial charge in [-0.3, -0.25) is 0 Å². The van der Waals surface area contributed by atoms with Crippen molar-refractivity contribution < 1.29 is 44.9 Å². The lowest BCUT2D eigenvalue weighted by atomic mass is 9.77. The summed E-state index contributed by atoms with van der Waals surface area (Å²) in [5.41, 5.74) is 1.31. The first-order valence-corrected chi connectivity index (χ1v) is 14.3. The van der Waals surface area contributed by atoms with Gasteiger partial charge in [0.2, 0.25) is 5.75 Å². The summed E-state index contributed by atoms with van der Waals surface area (Å²) in [5, 5.41) is 0. The Hall–Kier alpha value is -3.17. The first-order valence-electron chi connectivity index (χ1n) is 14.3. The summed E-state index contributed by atoms with van der Waals surface area (Å²) >= 11 is 0. The standard InChI is InChI=1S/C32H35F7O3/c1-2-3-18-40-26-16-12-24(13-17-26)23-10-6-21(7-11-23)4-5-22-8-14-25(15-9-22)31(35,36)41-27-19-28(33)30(29(34)20-27)42-32(37,38)39/h2-5,12-13,16-17,19-23,25H,6-11,14-15,18H2,1H3/b3-2+,5-4+. The number of halogens is 7. The molecule has 2 aliphatic rings. The summed E-state index contributed by atoms with van der Waals surface area (Å²) < 4.78 is 108. The number of hydrogen-bond donors (Lipinski definition) is 0. The van der Waals surface area contributed by atoms with Gasteiger partial charge in [0.15, 0.2) is 11.6 Å². The average molecular weight is 601 g/mol. The molecule has 42 heavy (non-hydrogen) atoms. The highest BCUT2D eigenvalue weighted by atomic mass is 19.4. The van der Waals surface area contributed by atoms with Gasteiger partial charge in [-0.1, -0.05) is 36.4 Å². The van der Waals surface area contributed by atoms with Gasteiger partial charge in [-0.15, -0.1) is 13.2 Å². The molecule has 0 aromatic heterocycles. The lowest BCUT2D eigenvalue weighted by molar-refractivity contribution is -0.276. The second kappa shape index (κ2) is 13.9. The van der Waals surface area contributed by atoms with Crippen LogP contribution >= 0.6 is 0 Å². The molecule has 0 bridgehead atoms. The van der Waals surface area contributed by atoms with Gasteiger partial charge < -0.3 is 14.2 Å². The fourth-order valence-electron chi connectivity index (χ4n) is 5.73. The minimum atomic E-state index is -5.34. The van der Waals surface area contributed by atoms with E-state index in [2.05, 4.69) is 33.8 Å². The van der Waals surface area contributed by atoms with Crippen molar-refractivity contribution in [2.24, 2.45) is 17.8 Å². The maximum atomic E-state index is 14.8. The molecule has 0 saturated heterocycles. The molecule has 230 valence electrons. The fourth-order valence-corrected chi connectivity index (χ4v) is 5.73. The number of ether oxygens (including phenoxy) is 3. The molecule has 0 aliphatic heterocycles. The van der Waals surface area contributed by atoms with Crippen molar-refractivity contribution >= 4 is 0 Å². The second-order valence-electron chi connectivity index (χ2n) is 11.0. The molecule has 2 aromatic rings. The van der Waals surface area contributed by atoms with Crippen molar-refractivity contribution in [3.8, 4) is 17.2 Å². The average Bonchev–Trinajstić information content (AvgIpc) is 2.94. The molecule has 0 atom stereocenters. The van der Waals surface area contributed by atoms with E-state index >= 15 is 0 Å². The molecule has 4 rings (SSSR count). The van der Waals surface area contributed by atoms with E-state index in [4.69, 9.17) is 4.74 Å². The molecular weight excluding hydrogens is 565 g/mol. The Labute approximate surface area is 241 Å². The maximum Gasteiger partial charge on any atom is 0.573 e. The zero-order chi connectivity index (χ0) is 30.3. The van der Waals surface area contributed by atoms with Gasteiger partial charge in [0.25, 0.3) is 0 Å². The molecule has 0 spiro atoms. The summed E-state index contributed by atoms with van der Waals surface area (Å²) in [7, 11) is 0. The van der Waals surface area contributed by atoms with E-state index in [1.165, 1.54) is 5.56 Å². The van der Waals surface area contributed by atoms with Crippen LogP contribution < -0.4 is 14.2 Å². The molecular formula is C32H35F7O3. The van der Waals surface area contributed by atoms with Crippen LogP contribution in [0.15, 0.2) is 60.7 Å². The molecule has 2 fully saturated rings. The van der Waals surface area contributed by atoms with Crippen LogP contribution in [0.25, 0.3) is 0 Å². The molecule has 0 heterocycles. The number of allylic oxidation sites excluding steroid dienone is 3. The monoisotopic (exact) mass is 600 g/mol. The molecule has 0 unspecified atom stereocenters. The van der Waals surface area contributed by atoms with Crippen LogP contribution in [0, 0.1) is 29.4 Å². The number of benzene rings is 2. The van der Waals surface area contributed by atoms with Crippen molar-refractivity contribution in [2.75, 3.05) is 6.61 Å². The highest BCUT2D eigenvalue weighted by molar-refractivity contribution is 5.35. The second-order valence-corrected chi connectivity index (χ2v) is 11.0. The smallest absolute Gasteiger partial charge is 0.490 e. The largest absolute Gasteiger partial charge is 0.573 e. The van der Waals surface area contributed by atoms with Gasteiger partial charge in [0.1, 0.15) is 18.1 Å². The van der Waals surface area contributed by atoms with Crippen LogP contribution in [0.4, 0.5) is 30.7 Å². The lowest BCUT2D eigenvalue weighted by Crippen LogP contribution is -2.37. The van der Waals surface area contributed by atoms with Gasteiger partial charge in [-0.05, 0) is 93.7 Å². The first-order chi connectivity index (χ1) is 19.9. The molecule has 2 aliphatic carbocycles. The fraction of sp³-hybridized carbons (Fsp3) is 0.500. The summed E-state index contributed by atoms with van der Waals surface area (Å²) in [5.74, 6) is -5.44. The predicted octanol–water partition coefficient (Wildman–Crippen LogP) is 10.1. The Balaban J connectivity index is 1.22. The van der Waals surface area contributed by atoms with Crippen molar-refractivity contribution in [1.82, 2.24) is 0 Å². The molecule has 0 amide bonds. The Morgan fingerprint density at radius 1 is 0.738 bits per heavy atom. The zero-order valence-corrected chi connectivity index (χ0v) is 23.3. The summed E-state index contributed by atoms with van der Waals surface area (Å²) in [6.07, 6.45) is 4.74. The van der Waals surface area contributed by atoms with Crippen LogP contribution in [0.2, 0.25) is 0 Å². The number of alkyl halides is 5. The third-order valence-electron chi connectivity index (χ3n) is 8.05. The lowest BCUT2D eigenvalue weighted by Gasteiger charge is -2.33. The SMILES string of the molecule is C/C=C/COc1ccc(C2CCC(/C=C/C3CCC(C(F)(F)Oc4cc(F)c(OC(F)(F)F)c(F)c4)CC3)CC2)cc1. The van der Waals surface area contributed by atoms with Crippen molar-refractivity contribution in [3.63, 3.8) is 0 Å². The zero-order valence-electron chi connectivity index (χ0n) is 23.3. The summed E-state index contributed by atoms with van der Waals surface area (Å²) in [6, 6.07) is 8.81. The Bertz CT molecular complexity index is 1180. The molecule has 0 radical (unpaired) electrons. The topological polar surface area (TPSA) is 27.7 Å². The highest BCUT2D eigenvalue weighted by Gasteiger charge is 2.44. The van der Waals surface area contributed by atoms with Gasteiger partial charge in [-0.25, -0.2) is 8.78 Å². The minimum absolute atomic E-state index is 0.142. The van der Waals surface area contributed by atoms with E-state index in [0.717, 1.165) is 31.4 Å². The molecule has 10 heteroatoms. The van der Waals surface area contributed by atoms with Crippen molar-refractivity contribution in [3.05, 3.63) is 77.9 Å². The quantitative estimate of drug-likeness (QED) is 0.201. The van der Waals surface area contributed by atoms with E-state index in [0.29, 0.717) is 31.3 Å². The van der Waals surface area contributed by atoms with Crippen molar-refractivity contribution in [1.29, 1.82) is 0 Å².